The summed E-state index contributed by atoms with van der Waals surface area (Å²) in [5, 5.41) is 6.14. The molecule has 4 nitrogen and oxygen atoms in total. The first-order valence-corrected chi connectivity index (χ1v) is 6.78. The lowest BCUT2D eigenvalue weighted by atomic mass is 9.82. The first kappa shape index (κ1) is 13.6. The molecule has 0 spiro atoms. The summed E-state index contributed by atoms with van der Waals surface area (Å²) in [5.74, 6) is 0.969. The first-order valence-electron chi connectivity index (χ1n) is 6.78. The van der Waals surface area contributed by atoms with Gasteiger partial charge in [0.2, 0.25) is 0 Å². The molecule has 1 unspecified atom stereocenters. The highest BCUT2D eigenvalue weighted by Crippen LogP contribution is 2.31. The molecule has 0 radical (unpaired) electrons. The minimum Gasteiger partial charge on any atom is -0.338 e. The Hall–Kier alpha value is -1.84. The quantitative estimate of drug-likeness (QED) is 0.869. The summed E-state index contributed by atoms with van der Waals surface area (Å²) in [7, 11) is 0. The number of carbonyl (C=O) groups excluding carboxylic acids is 1. The molecule has 0 saturated carbocycles. The highest BCUT2D eigenvalue weighted by atomic mass is 16.2. The summed E-state index contributed by atoms with van der Waals surface area (Å²) in [4.78, 5) is 16.7. The second-order valence-corrected chi connectivity index (χ2v) is 5.27. The highest BCUT2D eigenvalue weighted by Gasteiger charge is 2.46. The van der Waals surface area contributed by atoms with E-state index in [1.54, 1.807) is 0 Å². The van der Waals surface area contributed by atoms with E-state index in [4.69, 9.17) is 0 Å². The Morgan fingerprint density at radius 2 is 1.95 bits per heavy atom. The van der Waals surface area contributed by atoms with Crippen molar-refractivity contribution < 1.29 is 4.79 Å². The Morgan fingerprint density at radius 1 is 1.26 bits per heavy atom. The van der Waals surface area contributed by atoms with Gasteiger partial charge in [0.15, 0.2) is 5.96 Å². The van der Waals surface area contributed by atoms with Gasteiger partial charge in [0.1, 0.15) is 5.54 Å². The van der Waals surface area contributed by atoms with Gasteiger partial charge in [-0.25, -0.2) is 0 Å². The van der Waals surface area contributed by atoms with E-state index >= 15 is 0 Å². The Labute approximate surface area is 114 Å². The zero-order valence-corrected chi connectivity index (χ0v) is 11.7. The van der Waals surface area contributed by atoms with Gasteiger partial charge in [-0.2, -0.15) is 0 Å². The molecule has 1 fully saturated rings. The molecule has 1 aromatic rings. The van der Waals surface area contributed by atoms with Crippen molar-refractivity contribution in [2.24, 2.45) is 10.9 Å². The molecule has 1 atom stereocenters. The molecule has 4 heteroatoms. The number of nitrogens with one attached hydrogen (secondary N) is 2. The molecular formula is C15H21N3O. The zero-order valence-electron chi connectivity index (χ0n) is 11.7. The fourth-order valence-electron chi connectivity index (χ4n) is 2.54. The van der Waals surface area contributed by atoms with Gasteiger partial charge in [-0.1, -0.05) is 44.2 Å². The predicted molar refractivity (Wildman–Crippen MR) is 76.8 cm³/mol. The van der Waals surface area contributed by atoms with Gasteiger partial charge in [0.25, 0.3) is 5.91 Å². The zero-order chi connectivity index (χ0) is 13.9. The molecule has 2 N–H and O–H groups in total. The normalized spacial score (nSPS) is 24.6. The molecule has 1 heterocycles. The van der Waals surface area contributed by atoms with Gasteiger partial charge in [-0.15, -0.1) is 0 Å². The fourth-order valence-corrected chi connectivity index (χ4v) is 2.54. The van der Waals surface area contributed by atoms with Crippen LogP contribution in [0.25, 0.3) is 0 Å². The van der Waals surface area contributed by atoms with Crippen molar-refractivity contribution in [1.82, 2.24) is 10.6 Å². The Morgan fingerprint density at radius 3 is 2.53 bits per heavy atom. The summed E-state index contributed by atoms with van der Waals surface area (Å²) in [6.45, 7) is 6.84. The number of amides is 1. The monoisotopic (exact) mass is 259 g/mol. The van der Waals surface area contributed by atoms with Gasteiger partial charge < -0.3 is 5.32 Å². The number of rotatable bonds is 4. The van der Waals surface area contributed by atoms with Crippen LogP contribution in [0.15, 0.2) is 35.3 Å². The summed E-state index contributed by atoms with van der Waals surface area (Å²) >= 11 is 0. The van der Waals surface area contributed by atoms with Crippen LogP contribution in [0.4, 0.5) is 0 Å². The van der Waals surface area contributed by atoms with Gasteiger partial charge in [-0.3, -0.25) is 15.1 Å². The van der Waals surface area contributed by atoms with E-state index < -0.39 is 5.54 Å². The molecule has 102 valence electrons. The van der Waals surface area contributed by atoms with Gasteiger partial charge in [-0.05, 0) is 24.8 Å². The van der Waals surface area contributed by atoms with Crippen molar-refractivity contribution in [3.8, 4) is 0 Å². The number of benzene rings is 1. The molecule has 0 bridgehead atoms. The SMILES string of the molecule is CCN=C1NC(=O)C(CC(C)C)(c2ccccc2)N1. The Kier molecular flexibility index (Phi) is 3.88. The van der Waals surface area contributed by atoms with Crippen molar-refractivity contribution >= 4 is 11.9 Å². The van der Waals surface area contributed by atoms with Gasteiger partial charge in [0.05, 0.1) is 0 Å². The lowest BCUT2D eigenvalue weighted by molar-refractivity contribution is -0.124. The number of hydrogen-bond donors (Lipinski definition) is 2. The smallest absolute Gasteiger partial charge is 0.257 e. The maximum absolute atomic E-state index is 12.5. The number of guanidine groups is 1. The molecule has 1 aliphatic heterocycles. The standard InChI is InChI=1S/C15H21N3O/c1-4-16-14-17-13(19)15(18-14,10-11(2)3)12-8-6-5-7-9-12/h5-9,11H,4,10H2,1-3H3,(H2,16,17,18,19). The van der Waals surface area contributed by atoms with Gasteiger partial charge >= 0.3 is 0 Å². The summed E-state index contributed by atoms with van der Waals surface area (Å²) < 4.78 is 0. The molecule has 1 amide bonds. The van der Waals surface area contributed by atoms with E-state index in [0.29, 0.717) is 18.4 Å². The summed E-state index contributed by atoms with van der Waals surface area (Å²) in [6.07, 6.45) is 0.742. The largest absolute Gasteiger partial charge is 0.338 e. The van der Waals surface area contributed by atoms with Gasteiger partial charge in [0, 0.05) is 6.54 Å². The maximum atomic E-state index is 12.5. The number of hydrogen-bond acceptors (Lipinski definition) is 2. The molecule has 1 aliphatic rings. The minimum atomic E-state index is -0.691. The highest BCUT2D eigenvalue weighted by molar-refractivity contribution is 6.09. The van der Waals surface area contributed by atoms with Crippen LogP contribution in [0.1, 0.15) is 32.8 Å². The topological polar surface area (TPSA) is 53.5 Å². The van der Waals surface area contributed by atoms with Crippen LogP contribution >= 0.6 is 0 Å². The van der Waals surface area contributed by atoms with Crippen LogP contribution in [-0.4, -0.2) is 18.4 Å². The van der Waals surface area contributed by atoms with Crippen LogP contribution < -0.4 is 10.6 Å². The number of carbonyl (C=O) groups is 1. The average Bonchev–Trinajstić information content (AvgIpc) is 2.68. The van der Waals surface area contributed by atoms with E-state index in [1.165, 1.54) is 0 Å². The second kappa shape index (κ2) is 5.43. The molecule has 0 aliphatic carbocycles. The number of aliphatic imine (C=N–C) groups is 1. The molecule has 2 rings (SSSR count). The van der Waals surface area contributed by atoms with Crippen LogP contribution in [-0.2, 0) is 10.3 Å². The molecule has 1 saturated heterocycles. The van der Waals surface area contributed by atoms with Crippen molar-refractivity contribution in [1.29, 1.82) is 0 Å². The summed E-state index contributed by atoms with van der Waals surface area (Å²) in [5.41, 5.74) is 0.297. The third-order valence-electron chi connectivity index (χ3n) is 3.25. The number of nitrogens with zero attached hydrogens (tertiary/aromatic N) is 1. The third kappa shape index (κ3) is 2.62. The molecule has 1 aromatic carbocycles. The van der Waals surface area contributed by atoms with Crippen molar-refractivity contribution in [3.05, 3.63) is 35.9 Å². The predicted octanol–water partition coefficient (Wildman–Crippen LogP) is 2.02. The molecular weight excluding hydrogens is 238 g/mol. The lowest BCUT2D eigenvalue weighted by Crippen LogP contribution is -2.45. The van der Waals surface area contributed by atoms with E-state index in [0.717, 1.165) is 12.0 Å². The fraction of sp³-hybridized carbons (Fsp3) is 0.467. The van der Waals surface area contributed by atoms with Crippen LogP contribution in [0.2, 0.25) is 0 Å². The maximum Gasteiger partial charge on any atom is 0.257 e. The van der Waals surface area contributed by atoms with Crippen molar-refractivity contribution in [2.75, 3.05) is 6.54 Å². The van der Waals surface area contributed by atoms with Crippen LogP contribution in [0.3, 0.4) is 0 Å². The van der Waals surface area contributed by atoms with Crippen molar-refractivity contribution in [2.45, 2.75) is 32.7 Å². The van der Waals surface area contributed by atoms with Crippen LogP contribution in [0, 0.1) is 5.92 Å². The summed E-state index contributed by atoms with van der Waals surface area (Å²) in [6, 6.07) is 9.86. The van der Waals surface area contributed by atoms with E-state index in [2.05, 4.69) is 29.5 Å². The van der Waals surface area contributed by atoms with Crippen LogP contribution in [0.5, 0.6) is 0 Å². The third-order valence-corrected chi connectivity index (χ3v) is 3.25. The second-order valence-electron chi connectivity index (χ2n) is 5.27. The first-order chi connectivity index (χ1) is 9.08. The van der Waals surface area contributed by atoms with Crippen molar-refractivity contribution in [3.63, 3.8) is 0 Å². The van der Waals surface area contributed by atoms with E-state index in [9.17, 15) is 4.79 Å². The Balaban J connectivity index is 2.42. The average molecular weight is 259 g/mol. The molecule has 0 aromatic heterocycles. The molecule has 19 heavy (non-hydrogen) atoms. The lowest BCUT2D eigenvalue weighted by Gasteiger charge is -2.28. The Bertz CT molecular complexity index is 481. The van der Waals surface area contributed by atoms with E-state index in [1.807, 2.05) is 37.3 Å². The van der Waals surface area contributed by atoms with E-state index in [-0.39, 0.29) is 5.91 Å². The minimum absolute atomic E-state index is 0.0143.